The minimum Gasteiger partial charge on any atom is -0.378 e. The van der Waals surface area contributed by atoms with Gasteiger partial charge in [-0.25, -0.2) is 0 Å². The summed E-state index contributed by atoms with van der Waals surface area (Å²) in [6.45, 7) is 0.448. The van der Waals surface area contributed by atoms with Gasteiger partial charge in [0, 0.05) is 19.8 Å². The van der Waals surface area contributed by atoms with Crippen molar-refractivity contribution in [3.63, 3.8) is 0 Å². The molecule has 1 aromatic carbocycles. The summed E-state index contributed by atoms with van der Waals surface area (Å²) < 4.78 is 48.7. The Morgan fingerprint density at radius 1 is 1.32 bits per heavy atom. The van der Waals surface area contributed by atoms with Crippen LogP contribution < -0.4 is 4.90 Å². The number of hydrogen-bond acceptors (Lipinski definition) is 3. The first-order chi connectivity index (χ1) is 8.88. The summed E-state index contributed by atoms with van der Waals surface area (Å²) >= 11 is 0. The average Bonchev–Trinajstić information content (AvgIpc) is 3.12. The molecule has 0 saturated carbocycles. The van der Waals surface area contributed by atoms with E-state index in [1.54, 1.807) is 12.1 Å². The third kappa shape index (κ3) is 3.84. The Hall–Kier alpha value is -1.27. The molecule has 0 radical (unpaired) electrons. The molecule has 0 aromatic heterocycles. The van der Waals surface area contributed by atoms with E-state index in [9.17, 15) is 13.2 Å². The zero-order valence-corrected chi connectivity index (χ0v) is 10.8. The molecule has 19 heavy (non-hydrogen) atoms. The van der Waals surface area contributed by atoms with Crippen LogP contribution in [-0.4, -0.2) is 39.6 Å². The number of halogens is 3. The molecule has 2 atom stereocenters. The van der Waals surface area contributed by atoms with Crippen LogP contribution in [0.1, 0.15) is 11.7 Å². The van der Waals surface area contributed by atoms with Crippen molar-refractivity contribution in [2.24, 2.45) is 0 Å². The van der Waals surface area contributed by atoms with E-state index < -0.39 is 12.3 Å². The first kappa shape index (κ1) is 14.1. The van der Waals surface area contributed by atoms with Gasteiger partial charge in [0.1, 0.15) is 6.10 Å². The molecule has 0 unspecified atom stereocenters. The van der Waals surface area contributed by atoms with Gasteiger partial charge >= 0.3 is 6.18 Å². The number of epoxide rings is 1. The van der Waals surface area contributed by atoms with Crippen LogP contribution in [0.3, 0.4) is 0 Å². The summed E-state index contributed by atoms with van der Waals surface area (Å²) in [7, 11) is 3.66. The summed E-state index contributed by atoms with van der Waals surface area (Å²) in [5.41, 5.74) is 0.953. The van der Waals surface area contributed by atoms with Gasteiger partial charge in [-0.1, -0.05) is 12.1 Å². The van der Waals surface area contributed by atoms with Crippen LogP contribution in [0, 0.1) is 0 Å². The second-order valence-corrected chi connectivity index (χ2v) is 4.70. The maximum absolute atomic E-state index is 13.0. The molecular weight excluding hydrogens is 259 g/mol. The fourth-order valence-electron chi connectivity index (χ4n) is 1.69. The van der Waals surface area contributed by atoms with Crippen molar-refractivity contribution in [2.75, 3.05) is 32.2 Å². The molecule has 1 aliphatic heterocycles. The molecule has 2 rings (SSSR count). The van der Waals surface area contributed by atoms with Gasteiger partial charge < -0.3 is 14.4 Å². The fourth-order valence-corrected chi connectivity index (χ4v) is 1.69. The Morgan fingerprint density at radius 2 is 1.89 bits per heavy atom. The van der Waals surface area contributed by atoms with E-state index in [1.807, 2.05) is 19.0 Å². The highest BCUT2D eigenvalue weighted by atomic mass is 19.4. The van der Waals surface area contributed by atoms with Crippen LogP contribution >= 0.6 is 0 Å². The summed E-state index contributed by atoms with van der Waals surface area (Å²) in [5, 5.41) is 0. The molecule has 1 heterocycles. The maximum atomic E-state index is 13.0. The molecule has 0 aliphatic carbocycles. The smallest absolute Gasteiger partial charge is 0.378 e. The summed E-state index contributed by atoms with van der Waals surface area (Å²) in [6.07, 6.45) is -6.51. The van der Waals surface area contributed by atoms with Gasteiger partial charge in [-0.2, -0.15) is 13.2 Å². The number of nitrogens with zero attached hydrogens (tertiary/aromatic N) is 1. The molecule has 0 bridgehead atoms. The number of anilines is 1. The van der Waals surface area contributed by atoms with E-state index in [-0.39, 0.29) is 18.3 Å². The monoisotopic (exact) mass is 275 g/mol. The van der Waals surface area contributed by atoms with E-state index in [2.05, 4.69) is 0 Å². The molecule has 1 aliphatic rings. The standard InChI is InChI=1S/C13H16F3NO2/c1-17(2)10-5-3-9(4-6-10)12(13(14,15)16)19-8-11-7-18-11/h3-6,11-12H,7-8H2,1-2H3/t11-,12-/m0/s1. The Labute approximate surface area is 109 Å². The van der Waals surface area contributed by atoms with E-state index in [4.69, 9.17) is 9.47 Å². The van der Waals surface area contributed by atoms with Gasteiger partial charge in [-0.15, -0.1) is 0 Å². The van der Waals surface area contributed by atoms with Crippen molar-refractivity contribution < 1.29 is 22.6 Å². The van der Waals surface area contributed by atoms with Crippen LogP contribution in [0.25, 0.3) is 0 Å². The Morgan fingerprint density at radius 3 is 2.32 bits per heavy atom. The number of alkyl halides is 3. The number of hydrogen-bond donors (Lipinski definition) is 0. The summed E-state index contributed by atoms with van der Waals surface area (Å²) in [4.78, 5) is 1.82. The van der Waals surface area contributed by atoms with Crippen molar-refractivity contribution in [2.45, 2.75) is 18.4 Å². The average molecular weight is 275 g/mol. The Kier molecular flexibility index (Phi) is 4.01. The zero-order valence-electron chi connectivity index (χ0n) is 10.8. The second-order valence-electron chi connectivity index (χ2n) is 4.70. The lowest BCUT2D eigenvalue weighted by Gasteiger charge is -2.22. The minimum absolute atomic E-state index is 0.0282. The van der Waals surface area contributed by atoms with Crippen LogP contribution in [0.4, 0.5) is 18.9 Å². The van der Waals surface area contributed by atoms with Crippen LogP contribution in [0.5, 0.6) is 0 Å². The van der Waals surface area contributed by atoms with E-state index in [0.29, 0.717) is 6.61 Å². The molecule has 3 nitrogen and oxygen atoms in total. The topological polar surface area (TPSA) is 25.0 Å². The first-order valence-electron chi connectivity index (χ1n) is 5.95. The molecule has 0 amide bonds. The third-order valence-electron chi connectivity index (χ3n) is 2.86. The van der Waals surface area contributed by atoms with Gasteiger partial charge in [0.05, 0.1) is 13.2 Å². The SMILES string of the molecule is CN(C)c1ccc([C@H](OC[C@@H]2CO2)C(F)(F)F)cc1. The zero-order chi connectivity index (χ0) is 14.0. The molecule has 6 heteroatoms. The number of ether oxygens (including phenoxy) is 2. The maximum Gasteiger partial charge on any atom is 0.418 e. The molecule has 1 saturated heterocycles. The van der Waals surface area contributed by atoms with Gasteiger partial charge in [-0.3, -0.25) is 0 Å². The minimum atomic E-state index is -4.42. The van der Waals surface area contributed by atoms with E-state index >= 15 is 0 Å². The van der Waals surface area contributed by atoms with Gasteiger partial charge in [0.25, 0.3) is 0 Å². The lowest BCUT2D eigenvalue weighted by molar-refractivity contribution is -0.224. The van der Waals surface area contributed by atoms with Crippen LogP contribution in [-0.2, 0) is 9.47 Å². The lowest BCUT2D eigenvalue weighted by atomic mass is 10.1. The largest absolute Gasteiger partial charge is 0.418 e. The molecule has 106 valence electrons. The summed E-state index contributed by atoms with van der Waals surface area (Å²) in [6, 6.07) is 6.18. The van der Waals surface area contributed by atoms with Crippen molar-refractivity contribution in [1.29, 1.82) is 0 Å². The second kappa shape index (κ2) is 5.38. The number of benzene rings is 1. The quantitative estimate of drug-likeness (QED) is 0.772. The molecular formula is C13H16F3NO2. The van der Waals surface area contributed by atoms with Gasteiger partial charge in [0.2, 0.25) is 0 Å². The van der Waals surface area contributed by atoms with Crippen LogP contribution in [0.15, 0.2) is 24.3 Å². The summed E-state index contributed by atoms with van der Waals surface area (Å²) in [5.74, 6) is 0. The lowest BCUT2D eigenvalue weighted by Crippen LogP contribution is -2.25. The van der Waals surface area contributed by atoms with Crippen molar-refractivity contribution in [3.8, 4) is 0 Å². The highest BCUT2D eigenvalue weighted by Crippen LogP contribution is 2.37. The fraction of sp³-hybridized carbons (Fsp3) is 0.538. The van der Waals surface area contributed by atoms with E-state index in [0.717, 1.165) is 5.69 Å². The Balaban J connectivity index is 2.11. The molecule has 0 N–H and O–H groups in total. The van der Waals surface area contributed by atoms with Gasteiger partial charge in [0.15, 0.2) is 6.10 Å². The first-order valence-corrected chi connectivity index (χ1v) is 5.95. The van der Waals surface area contributed by atoms with Gasteiger partial charge in [-0.05, 0) is 17.7 Å². The third-order valence-corrected chi connectivity index (χ3v) is 2.86. The van der Waals surface area contributed by atoms with Crippen molar-refractivity contribution in [3.05, 3.63) is 29.8 Å². The predicted molar refractivity (Wildman–Crippen MR) is 65.3 cm³/mol. The van der Waals surface area contributed by atoms with E-state index in [1.165, 1.54) is 12.1 Å². The predicted octanol–water partition coefficient (Wildman–Crippen LogP) is 2.77. The number of rotatable bonds is 5. The molecule has 1 aromatic rings. The Bertz CT molecular complexity index is 413. The van der Waals surface area contributed by atoms with Crippen LogP contribution in [0.2, 0.25) is 0 Å². The van der Waals surface area contributed by atoms with Crippen molar-refractivity contribution >= 4 is 5.69 Å². The molecule has 1 fully saturated rings. The molecule has 0 spiro atoms. The highest BCUT2D eigenvalue weighted by molar-refractivity contribution is 5.46. The highest BCUT2D eigenvalue weighted by Gasteiger charge is 2.43. The van der Waals surface area contributed by atoms with Crippen molar-refractivity contribution in [1.82, 2.24) is 0 Å². The normalized spacial score (nSPS) is 20.2.